The van der Waals surface area contributed by atoms with Crippen molar-refractivity contribution >= 4 is 44.8 Å². The Labute approximate surface area is 182 Å². The molecule has 0 aliphatic carbocycles. The van der Waals surface area contributed by atoms with Crippen LogP contribution in [0.4, 0.5) is 4.79 Å². The SMILES string of the molecule is Cc1ccc(S(=O)(=O)O/N=C2/c3c(ccc4cc(SOC(=O)O)ccc34)OC2C)cc1. The fraction of sp³-hybridized carbons (Fsp3) is 0.143. The van der Waals surface area contributed by atoms with E-state index >= 15 is 0 Å². The van der Waals surface area contributed by atoms with Crippen LogP contribution in [-0.4, -0.2) is 31.5 Å². The zero-order valence-electron chi connectivity index (χ0n) is 16.4. The van der Waals surface area contributed by atoms with Crippen LogP contribution in [0.3, 0.4) is 0 Å². The number of oxime groups is 1. The summed E-state index contributed by atoms with van der Waals surface area (Å²) in [6, 6.07) is 15.1. The first-order valence-electron chi connectivity index (χ1n) is 9.14. The zero-order valence-corrected chi connectivity index (χ0v) is 18.1. The van der Waals surface area contributed by atoms with E-state index in [9.17, 15) is 13.2 Å². The molecule has 0 amide bonds. The van der Waals surface area contributed by atoms with E-state index in [0.717, 1.165) is 28.4 Å². The largest absolute Gasteiger partial charge is 0.518 e. The molecule has 0 saturated heterocycles. The molecule has 1 N–H and O–H groups in total. The third-order valence-electron chi connectivity index (χ3n) is 4.65. The van der Waals surface area contributed by atoms with Crippen molar-refractivity contribution in [2.75, 3.05) is 0 Å². The van der Waals surface area contributed by atoms with Crippen molar-refractivity contribution in [3.63, 3.8) is 0 Å². The molecule has 10 heteroatoms. The highest BCUT2D eigenvalue weighted by molar-refractivity contribution is 7.95. The second kappa shape index (κ2) is 8.12. The predicted octanol–water partition coefficient (Wildman–Crippen LogP) is 4.74. The van der Waals surface area contributed by atoms with Crippen LogP contribution < -0.4 is 4.74 Å². The van der Waals surface area contributed by atoms with Crippen molar-refractivity contribution in [3.05, 3.63) is 65.7 Å². The lowest BCUT2D eigenvalue weighted by atomic mass is 10.00. The molecule has 0 bridgehead atoms. The Kier molecular flexibility index (Phi) is 5.50. The van der Waals surface area contributed by atoms with Crippen LogP contribution in [-0.2, 0) is 18.6 Å². The number of fused-ring (bicyclic) bond motifs is 3. The number of aryl methyl sites for hydroxylation is 1. The van der Waals surface area contributed by atoms with Gasteiger partial charge < -0.3 is 14.0 Å². The van der Waals surface area contributed by atoms with E-state index in [1.165, 1.54) is 12.1 Å². The maximum absolute atomic E-state index is 12.5. The topological polar surface area (TPSA) is 111 Å². The van der Waals surface area contributed by atoms with Crippen LogP contribution in [0.15, 0.2) is 69.5 Å². The second-order valence-electron chi connectivity index (χ2n) is 6.83. The van der Waals surface area contributed by atoms with E-state index in [1.54, 1.807) is 43.3 Å². The van der Waals surface area contributed by atoms with E-state index < -0.39 is 22.4 Å². The number of carboxylic acid groups (broad SMARTS) is 1. The second-order valence-corrected chi connectivity index (χ2v) is 9.17. The van der Waals surface area contributed by atoms with Gasteiger partial charge in [-0.1, -0.05) is 35.0 Å². The minimum Gasteiger partial charge on any atom is -0.484 e. The standard InChI is InChI=1S/C21H17NO7S2/c1-12-3-7-16(8-4-12)31(25,26)29-22-20-13(2)27-18-10-5-14-11-15(30-28-21(23)24)6-9-17(14)19(18)20/h3-11,13H,1-2H3,(H,23,24)/b22-20+. The Morgan fingerprint density at radius 2 is 1.87 bits per heavy atom. The summed E-state index contributed by atoms with van der Waals surface area (Å²) >= 11 is 0.725. The van der Waals surface area contributed by atoms with Gasteiger partial charge in [-0.25, -0.2) is 4.79 Å². The van der Waals surface area contributed by atoms with Crippen molar-refractivity contribution in [1.29, 1.82) is 0 Å². The number of nitrogens with zero attached hydrogens (tertiary/aromatic N) is 1. The number of ether oxygens (including phenoxy) is 1. The van der Waals surface area contributed by atoms with E-state index in [0.29, 0.717) is 21.9 Å². The van der Waals surface area contributed by atoms with Gasteiger partial charge in [-0.2, -0.15) is 8.42 Å². The molecule has 3 aromatic carbocycles. The maximum Gasteiger partial charge on any atom is 0.518 e. The Hall–Kier alpha value is -3.24. The Morgan fingerprint density at radius 3 is 2.58 bits per heavy atom. The molecule has 1 atom stereocenters. The van der Waals surface area contributed by atoms with Gasteiger partial charge in [0.1, 0.15) is 22.5 Å². The van der Waals surface area contributed by atoms with Crippen LogP contribution in [0.1, 0.15) is 18.1 Å². The van der Waals surface area contributed by atoms with Crippen LogP contribution >= 0.6 is 12.0 Å². The fourth-order valence-corrected chi connectivity index (χ4v) is 4.39. The Morgan fingerprint density at radius 1 is 1.13 bits per heavy atom. The highest BCUT2D eigenvalue weighted by atomic mass is 32.2. The molecule has 1 aliphatic rings. The molecular weight excluding hydrogens is 442 g/mol. The summed E-state index contributed by atoms with van der Waals surface area (Å²) in [6.45, 7) is 3.60. The highest BCUT2D eigenvalue weighted by Crippen LogP contribution is 2.37. The molecule has 1 unspecified atom stereocenters. The van der Waals surface area contributed by atoms with Gasteiger partial charge in [0.05, 0.1) is 17.6 Å². The van der Waals surface area contributed by atoms with Gasteiger partial charge in [0.25, 0.3) is 0 Å². The fourth-order valence-electron chi connectivity index (χ4n) is 3.19. The number of hydrogen-bond donors (Lipinski definition) is 1. The zero-order chi connectivity index (χ0) is 22.2. The van der Waals surface area contributed by atoms with Gasteiger partial charge in [-0.15, -0.1) is 0 Å². The summed E-state index contributed by atoms with van der Waals surface area (Å²) in [4.78, 5) is 11.2. The van der Waals surface area contributed by atoms with Crippen LogP contribution in [0.2, 0.25) is 0 Å². The molecule has 1 aliphatic heterocycles. The lowest BCUT2D eigenvalue weighted by molar-refractivity contribution is 0.153. The van der Waals surface area contributed by atoms with Crippen molar-refractivity contribution in [1.82, 2.24) is 0 Å². The molecule has 0 saturated carbocycles. The molecule has 0 radical (unpaired) electrons. The summed E-state index contributed by atoms with van der Waals surface area (Å²) < 4.78 is 40.4. The average molecular weight is 460 g/mol. The molecule has 0 aromatic heterocycles. The summed E-state index contributed by atoms with van der Waals surface area (Å²) in [5, 5.41) is 14.1. The quantitative estimate of drug-likeness (QED) is 0.430. The molecule has 4 rings (SSSR count). The average Bonchev–Trinajstić information content (AvgIpc) is 3.06. The normalized spacial score (nSPS) is 16.7. The third kappa shape index (κ3) is 4.30. The van der Waals surface area contributed by atoms with Gasteiger partial charge in [0, 0.05) is 4.90 Å². The van der Waals surface area contributed by atoms with E-state index in [1.807, 2.05) is 13.0 Å². The first-order chi connectivity index (χ1) is 14.7. The smallest absolute Gasteiger partial charge is 0.484 e. The number of hydrogen-bond acceptors (Lipinski definition) is 8. The minimum absolute atomic E-state index is 0.00672. The molecular formula is C21H17NO7S2. The lowest BCUT2D eigenvalue weighted by Gasteiger charge is -2.07. The van der Waals surface area contributed by atoms with E-state index in [-0.39, 0.29) is 4.90 Å². The minimum atomic E-state index is -4.08. The van der Waals surface area contributed by atoms with Crippen molar-refractivity contribution in [3.8, 4) is 5.75 Å². The van der Waals surface area contributed by atoms with Gasteiger partial charge in [0.15, 0.2) is 0 Å². The van der Waals surface area contributed by atoms with Gasteiger partial charge in [0.2, 0.25) is 0 Å². The van der Waals surface area contributed by atoms with E-state index in [4.69, 9.17) is 14.1 Å². The third-order valence-corrected chi connectivity index (χ3v) is 6.44. The maximum atomic E-state index is 12.5. The van der Waals surface area contributed by atoms with Crippen molar-refractivity contribution in [2.24, 2.45) is 5.16 Å². The summed E-state index contributed by atoms with van der Waals surface area (Å²) in [6.07, 6.45) is -1.90. The first kappa shape index (κ1) is 21.0. The van der Waals surface area contributed by atoms with Gasteiger partial charge in [-0.05, 0) is 55.0 Å². The lowest BCUT2D eigenvalue weighted by Crippen LogP contribution is -2.18. The highest BCUT2D eigenvalue weighted by Gasteiger charge is 2.31. The molecule has 31 heavy (non-hydrogen) atoms. The molecule has 0 fully saturated rings. The van der Waals surface area contributed by atoms with Crippen molar-refractivity contribution < 1.29 is 31.5 Å². The Bertz CT molecular complexity index is 1300. The van der Waals surface area contributed by atoms with Crippen molar-refractivity contribution in [2.45, 2.75) is 29.7 Å². The summed E-state index contributed by atoms with van der Waals surface area (Å²) in [5.74, 6) is 0.553. The monoisotopic (exact) mass is 459 g/mol. The Balaban J connectivity index is 1.69. The number of benzene rings is 3. The number of rotatable bonds is 5. The summed E-state index contributed by atoms with van der Waals surface area (Å²) in [5.41, 5.74) is 1.90. The molecule has 3 aromatic rings. The van der Waals surface area contributed by atoms with Crippen LogP contribution in [0.5, 0.6) is 5.75 Å². The predicted molar refractivity (Wildman–Crippen MR) is 115 cm³/mol. The van der Waals surface area contributed by atoms with Crippen LogP contribution in [0.25, 0.3) is 10.8 Å². The summed E-state index contributed by atoms with van der Waals surface area (Å²) in [7, 11) is -4.08. The molecule has 8 nitrogen and oxygen atoms in total. The molecule has 160 valence electrons. The number of carbonyl (C=O) groups is 1. The van der Waals surface area contributed by atoms with Crippen LogP contribution in [0, 0.1) is 6.92 Å². The van der Waals surface area contributed by atoms with Gasteiger partial charge in [-0.3, -0.25) is 4.28 Å². The molecule has 1 heterocycles. The van der Waals surface area contributed by atoms with Gasteiger partial charge >= 0.3 is 16.3 Å². The van der Waals surface area contributed by atoms with E-state index in [2.05, 4.69) is 9.34 Å². The first-order valence-corrected chi connectivity index (χ1v) is 11.3. The molecule has 0 spiro atoms.